The van der Waals surface area contributed by atoms with Gasteiger partial charge in [-0.2, -0.15) is 0 Å². The maximum absolute atomic E-state index is 11.2. The van der Waals surface area contributed by atoms with Gasteiger partial charge in [-0.3, -0.25) is 9.69 Å². The van der Waals surface area contributed by atoms with Crippen molar-refractivity contribution in [2.24, 2.45) is 0 Å². The molecule has 90 valence electrons. The molecule has 0 radical (unpaired) electrons. The molecule has 0 unspecified atom stereocenters. The average Bonchev–Trinajstić information content (AvgIpc) is 2.30. The van der Waals surface area contributed by atoms with Crippen LogP contribution in [0.15, 0.2) is 12.2 Å². The Hall–Kier alpha value is -0.830. The lowest BCUT2D eigenvalue weighted by Crippen LogP contribution is -2.51. The number of amides is 1. The molecule has 2 rings (SSSR count). The summed E-state index contributed by atoms with van der Waals surface area (Å²) in [6, 6.07) is 0.736. The van der Waals surface area contributed by atoms with Crippen molar-refractivity contribution in [3.8, 4) is 0 Å². The van der Waals surface area contributed by atoms with Crippen LogP contribution in [-0.4, -0.2) is 47.9 Å². The molecule has 3 heteroatoms. The lowest BCUT2D eigenvalue weighted by molar-refractivity contribution is -0.130. The highest BCUT2D eigenvalue weighted by Gasteiger charge is 2.26. The fourth-order valence-electron chi connectivity index (χ4n) is 2.78. The minimum atomic E-state index is 0.219. The van der Waals surface area contributed by atoms with Gasteiger partial charge in [0.1, 0.15) is 0 Å². The SMILES string of the molecule is C=C1CCC(N2CCN(C(C)=O)CC2)CC1. The maximum Gasteiger partial charge on any atom is 0.219 e. The average molecular weight is 222 g/mol. The topological polar surface area (TPSA) is 23.6 Å². The predicted molar refractivity (Wildman–Crippen MR) is 65.2 cm³/mol. The number of hydrogen-bond acceptors (Lipinski definition) is 2. The molecule has 0 spiro atoms. The Morgan fingerprint density at radius 1 is 1.19 bits per heavy atom. The second kappa shape index (κ2) is 5.00. The molecule has 0 aromatic heterocycles. The molecule has 2 aliphatic rings. The van der Waals surface area contributed by atoms with E-state index in [0.29, 0.717) is 0 Å². The van der Waals surface area contributed by atoms with Gasteiger partial charge < -0.3 is 4.90 Å². The van der Waals surface area contributed by atoms with Gasteiger partial charge in [0.2, 0.25) is 5.91 Å². The van der Waals surface area contributed by atoms with Crippen LogP contribution in [0.25, 0.3) is 0 Å². The summed E-state index contributed by atoms with van der Waals surface area (Å²) in [6.45, 7) is 9.65. The van der Waals surface area contributed by atoms with Crippen molar-refractivity contribution in [2.75, 3.05) is 26.2 Å². The first-order valence-corrected chi connectivity index (χ1v) is 6.33. The molecule has 2 fully saturated rings. The largest absolute Gasteiger partial charge is 0.340 e. The Morgan fingerprint density at radius 3 is 2.25 bits per heavy atom. The third kappa shape index (κ3) is 2.64. The van der Waals surface area contributed by atoms with E-state index in [1.54, 1.807) is 6.92 Å². The van der Waals surface area contributed by atoms with Gasteiger partial charge in [0.15, 0.2) is 0 Å². The number of carbonyl (C=O) groups excluding carboxylic acids is 1. The number of hydrogen-bond donors (Lipinski definition) is 0. The molecule has 0 aromatic rings. The highest BCUT2D eigenvalue weighted by Crippen LogP contribution is 2.26. The van der Waals surface area contributed by atoms with Gasteiger partial charge >= 0.3 is 0 Å². The van der Waals surface area contributed by atoms with Gasteiger partial charge in [-0.15, -0.1) is 0 Å². The predicted octanol–water partition coefficient (Wildman–Crippen LogP) is 1.65. The summed E-state index contributed by atoms with van der Waals surface area (Å²) >= 11 is 0. The second-order valence-electron chi connectivity index (χ2n) is 5.02. The zero-order valence-electron chi connectivity index (χ0n) is 10.2. The summed E-state index contributed by atoms with van der Waals surface area (Å²) < 4.78 is 0. The van der Waals surface area contributed by atoms with Crippen molar-refractivity contribution in [1.82, 2.24) is 9.80 Å². The highest BCUT2D eigenvalue weighted by atomic mass is 16.2. The van der Waals surface area contributed by atoms with Crippen molar-refractivity contribution in [3.05, 3.63) is 12.2 Å². The highest BCUT2D eigenvalue weighted by molar-refractivity contribution is 5.73. The molecule has 0 bridgehead atoms. The Kier molecular flexibility index (Phi) is 3.64. The monoisotopic (exact) mass is 222 g/mol. The molecule has 1 amide bonds. The van der Waals surface area contributed by atoms with Crippen LogP contribution in [-0.2, 0) is 4.79 Å². The Balaban J connectivity index is 1.80. The van der Waals surface area contributed by atoms with E-state index in [0.717, 1.165) is 32.2 Å². The van der Waals surface area contributed by atoms with Crippen LogP contribution in [0.3, 0.4) is 0 Å². The quantitative estimate of drug-likeness (QED) is 0.630. The van der Waals surface area contributed by atoms with Crippen LogP contribution < -0.4 is 0 Å². The minimum absolute atomic E-state index is 0.219. The molecule has 1 saturated carbocycles. The van der Waals surface area contributed by atoms with E-state index in [9.17, 15) is 4.79 Å². The van der Waals surface area contributed by atoms with Gasteiger partial charge in [0.25, 0.3) is 0 Å². The van der Waals surface area contributed by atoms with E-state index in [-0.39, 0.29) is 5.91 Å². The molecule has 1 aliphatic carbocycles. The lowest BCUT2D eigenvalue weighted by Gasteiger charge is -2.40. The van der Waals surface area contributed by atoms with Crippen LogP contribution in [0, 0.1) is 0 Å². The van der Waals surface area contributed by atoms with E-state index in [4.69, 9.17) is 0 Å². The Bertz CT molecular complexity index is 270. The smallest absolute Gasteiger partial charge is 0.219 e. The van der Waals surface area contributed by atoms with Crippen molar-refractivity contribution in [2.45, 2.75) is 38.6 Å². The van der Waals surface area contributed by atoms with Crippen LogP contribution >= 0.6 is 0 Å². The lowest BCUT2D eigenvalue weighted by atomic mass is 9.90. The first-order chi connectivity index (χ1) is 7.66. The maximum atomic E-state index is 11.2. The third-order valence-corrected chi connectivity index (χ3v) is 3.94. The molecular formula is C13H22N2O. The molecular weight excluding hydrogens is 200 g/mol. The van der Waals surface area contributed by atoms with Gasteiger partial charge in [-0.25, -0.2) is 0 Å². The van der Waals surface area contributed by atoms with Gasteiger partial charge in [0, 0.05) is 39.1 Å². The molecule has 1 heterocycles. The van der Waals surface area contributed by atoms with Crippen molar-refractivity contribution >= 4 is 5.91 Å². The fourth-order valence-corrected chi connectivity index (χ4v) is 2.78. The molecule has 0 N–H and O–H groups in total. The molecule has 0 atom stereocenters. The minimum Gasteiger partial charge on any atom is -0.340 e. The van der Waals surface area contributed by atoms with Crippen LogP contribution in [0.4, 0.5) is 0 Å². The standard InChI is InChI=1S/C13H22N2O/c1-11-3-5-13(6-4-11)15-9-7-14(8-10-15)12(2)16/h13H,1,3-10H2,2H3. The third-order valence-electron chi connectivity index (χ3n) is 3.94. The zero-order chi connectivity index (χ0) is 11.5. The summed E-state index contributed by atoms with van der Waals surface area (Å²) in [5, 5.41) is 0. The summed E-state index contributed by atoms with van der Waals surface area (Å²) in [4.78, 5) is 15.7. The summed E-state index contributed by atoms with van der Waals surface area (Å²) in [6.07, 6.45) is 4.91. The molecule has 0 aromatic carbocycles. The van der Waals surface area contributed by atoms with Crippen LogP contribution in [0.5, 0.6) is 0 Å². The summed E-state index contributed by atoms with van der Waals surface area (Å²) in [5.41, 5.74) is 1.42. The van der Waals surface area contributed by atoms with Crippen LogP contribution in [0.2, 0.25) is 0 Å². The zero-order valence-corrected chi connectivity index (χ0v) is 10.2. The van der Waals surface area contributed by atoms with E-state index < -0.39 is 0 Å². The first kappa shape index (κ1) is 11.6. The molecule has 16 heavy (non-hydrogen) atoms. The first-order valence-electron chi connectivity index (χ1n) is 6.33. The van der Waals surface area contributed by atoms with E-state index in [1.165, 1.54) is 31.3 Å². The number of rotatable bonds is 1. The van der Waals surface area contributed by atoms with Crippen molar-refractivity contribution < 1.29 is 4.79 Å². The van der Waals surface area contributed by atoms with Crippen LogP contribution in [0.1, 0.15) is 32.6 Å². The number of nitrogens with zero attached hydrogens (tertiary/aromatic N) is 2. The number of piperazine rings is 1. The number of carbonyl (C=O) groups is 1. The molecule has 3 nitrogen and oxygen atoms in total. The second-order valence-corrected chi connectivity index (χ2v) is 5.02. The molecule has 1 saturated heterocycles. The van der Waals surface area contributed by atoms with E-state index in [1.807, 2.05) is 4.90 Å². The van der Waals surface area contributed by atoms with Crippen molar-refractivity contribution in [3.63, 3.8) is 0 Å². The van der Waals surface area contributed by atoms with E-state index in [2.05, 4.69) is 11.5 Å². The van der Waals surface area contributed by atoms with Gasteiger partial charge in [-0.05, 0) is 25.7 Å². The summed E-state index contributed by atoms with van der Waals surface area (Å²) in [7, 11) is 0. The van der Waals surface area contributed by atoms with Gasteiger partial charge in [-0.1, -0.05) is 12.2 Å². The summed E-state index contributed by atoms with van der Waals surface area (Å²) in [5.74, 6) is 0.219. The van der Waals surface area contributed by atoms with Crippen molar-refractivity contribution in [1.29, 1.82) is 0 Å². The van der Waals surface area contributed by atoms with E-state index >= 15 is 0 Å². The Morgan fingerprint density at radius 2 is 1.75 bits per heavy atom. The molecule has 1 aliphatic heterocycles. The number of allylic oxidation sites excluding steroid dienone is 1. The van der Waals surface area contributed by atoms with Gasteiger partial charge in [0.05, 0.1) is 0 Å². The normalized spacial score (nSPS) is 24.8. The Labute approximate surface area is 98.1 Å². The fraction of sp³-hybridized carbons (Fsp3) is 0.769.